The highest BCUT2D eigenvalue weighted by Gasteiger charge is 2.26. The zero-order chi connectivity index (χ0) is 12.0. The lowest BCUT2D eigenvalue weighted by molar-refractivity contribution is -0.0335. The minimum atomic E-state index is -0.722. The van der Waals surface area contributed by atoms with E-state index in [2.05, 4.69) is 19.2 Å². The molecule has 1 rings (SSSR count). The minimum Gasteiger partial charge on any atom is -0.386 e. The van der Waals surface area contributed by atoms with Crippen molar-refractivity contribution in [2.24, 2.45) is 5.92 Å². The molecule has 0 amide bonds. The van der Waals surface area contributed by atoms with Gasteiger partial charge >= 0.3 is 0 Å². The molecule has 1 aliphatic rings. The Labute approximate surface area is 99.6 Å². The second-order valence-electron chi connectivity index (χ2n) is 5.74. The largest absolute Gasteiger partial charge is 0.386 e. The first-order valence-electron chi connectivity index (χ1n) is 6.53. The molecule has 3 nitrogen and oxygen atoms in total. The molecule has 0 bridgehead atoms. The Hall–Kier alpha value is -0.120. The summed E-state index contributed by atoms with van der Waals surface area (Å²) in [7, 11) is 0. The number of ether oxygens (including phenoxy) is 1. The Morgan fingerprint density at radius 1 is 1.44 bits per heavy atom. The summed E-state index contributed by atoms with van der Waals surface area (Å²) in [6.07, 6.45) is 4.79. The quantitative estimate of drug-likeness (QED) is 0.594. The molecule has 1 fully saturated rings. The van der Waals surface area contributed by atoms with Crippen LogP contribution in [0.4, 0.5) is 0 Å². The normalized spacial score (nSPS) is 20.1. The molecule has 16 heavy (non-hydrogen) atoms. The zero-order valence-corrected chi connectivity index (χ0v) is 11.0. The molecule has 0 aromatic heterocycles. The van der Waals surface area contributed by atoms with Gasteiger partial charge < -0.3 is 15.2 Å². The summed E-state index contributed by atoms with van der Waals surface area (Å²) in [5.74, 6) is 0.737. The summed E-state index contributed by atoms with van der Waals surface area (Å²) in [5, 5.41) is 13.3. The van der Waals surface area contributed by atoms with Crippen molar-refractivity contribution >= 4 is 0 Å². The Morgan fingerprint density at radius 3 is 2.69 bits per heavy atom. The van der Waals surface area contributed by atoms with Crippen LogP contribution in [0.15, 0.2) is 0 Å². The van der Waals surface area contributed by atoms with Crippen LogP contribution in [0.3, 0.4) is 0 Å². The van der Waals surface area contributed by atoms with E-state index in [9.17, 15) is 5.11 Å². The maximum atomic E-state index is 10.0. The smallest absolute Gasteiger partial charge is 0.0975 e. The first kappa shape index (κ1) is 13.9. The average Bonchev–Trinajstić information content (AvgIpc) is 2.97. The standard InChI is InChI=1S/C13H27NO2/c1-11(2)5-4-8-16-10-13(3,15)9-14-12-6-7-12/h11-12,14-15H,4-10H2,1-3H3. The van der Waals surface area contributed by atoms with Gasteiger partial charge in [-0.2, -0.15) is 0 Å². The number of hydrogen-bond acceptors (Lipinski definition) is 3. The third kappa shape index (κ3) is 7.20. The average molecular weight is 229 g/mol. The molecule has 0 aromatic rings. The summed E-state index contributed by atoms with van der Waals surface area (Å²) in [5.41, 5.74) is -0.722. The molecule has 0 aromatic carbocycles. The van der Waals surface area contributed by atoms with Crippen molar-refractivity contribution < 1.29 is 9.84 Å². The maximum Gasteiger partial charge on any atom is 0.0975 e. The number of nitrogens with one attached hydrogen (secondary N) is 1. The molecule has 1 saturated carbocycles. The highest BCUT2D eigenvalue weighted by atomic mass is 16.5. The Balaban J connectivity index is 1.96. The monoisotopic (exact) mass is 229 g/mol. The van der Waals surface area contributed by atoms with Crippen LogP contribution in [0.1, 0.15) is 46.5 Å². The van der Waals surface area contributed by atoms with Gasteiger partial charge in [0.05, 0.1) is 12.2 Å². The van der Waals surface area contributed by atoms with Crippen LogP contribution in [0, 0.1) is 5.92 Å². The van der Waals surface area contributed by atoms with Gasteiger partial charge in [-0.3, -0.25) is 0 Å². The van der Waals surface area contributed by atoms with Gasteiger partial charge in [0.25, 0.3) is 0 Å². The van der Waals surface area contributed by atoms with E-state index in [1.807, 2.05) is 6.92 Å². The van der Waals surface area contributed by atoms with Gasteiger partial charge in [-0.05, 0) is 38.5 Å². The Kier molecular flexibility index (Phi) is 5.73. The van der Waals surface area contributed by atoms with E-state index >= 15 is 0 Å². The van der Waals surface area contributed by atoms with Crippen LogP contribution in [0.25, 0.3) is 0 Å². The second kappa shape index (κ2) is 6.58. The van der Waals surface area contributed by atoms with Crippen LogP contribution >= 0.6 is 0 Å². The molecule has 0 aliphatic heterocycles. The van der Waals surface area contributed by atoms with Crippen molar-refractivity contribution in [1.29, 1.82) is 0 Å². The number of aliphatic hydroxyl groups is 1. The summed E-state index contributed by atoms with van der Waals surface area (Å²) >= 11 is 0. The van der Waals surface area contributed by atoms with Gasteiger partial charge in [0.2, 0.25) is 0 Å². The predicted molar refractivity (Wildman–Crippen MR) is 66.5 cm³/mol. The van der Waals surface area contributed by atoms with Gasteiger partial charge in [-0.15, -0.1) is 0 Å². The lowest BCUT2D eigenvalue weighted by atomic mass is 10.1. The van der Waals surface area contributed by atoms with Gasteiger partial charge in [-0.25, -0.2) is 0 Å². The molecule has 1 aliphatic carbocycles. The lowest BCUT2D eigenvalue weighted by Gasteiger charge is -2.23. The minimum absolute atomic E-state index is 0.435. The molecule has 0 heterocycles. The molecule has 2 N–H and O–H groups in total. The van der Waals surface area contributed by atoms with Gasteiger partial charge in [-0.1, -0.05) is 13.8 Å². The van der Waals surface area contributed by atoms with Crippen LogP contribution in [-0.2, 0) is 4.74 Å². The summed E-state index contributed by atoms with van der Waals surface area (Å²) in [4.78, 5) is 0. The van der Waals surface area contributed by atoms with Crippen LogP contribution < -0.4 is 5.32 Å². The molecule has 0 radical (unpaired) electrons. The highest BCUT2D eigenvalue weighted by molar-refractivity contribution is 4.85. The summed E-state index contributed by atoms with van der Waals surface area (Å²) in [6, 6.07) is 0.646. The molecule has 3 heteroatoms. The fourth-order valence-electron chi connectivity index (χ4n) is 1.59. The van der Waals surface area contributed by atoms with Crippen molar-refractivity contribution in [3.05, 3.63) is 0 Å². The van der Waals surface area contributed by atoms with Crippen LogP contribution in [0.5, 0.6) is 0 Å². The van der Waals surface area contributed by atoms with E-state index in [0.29, 0.717) is 19.2 Å². The lowest BCUT2D eigenvalue weighted by Crippen LogP contribution is -2.42. The molecule has 1 unspecified atom stereocenters. The fraction of sp³-hybridized carbons (Fsp3) is 1.00. The molecule has 1 atom stereocenters. The second-order valence-corrected chi connectivity index (χ2v) is 5.74. The summed E-state index contributed by atoms with van der Waals surface area (Å²) < 4.78 is 5.51. The number of hydrogen-bond donors (Lipinski definition) is 2. The predicted octanol–water partition coefficient (Wildman–Crippen LogP) is 1.94. The topological polar surface area (TPSA) is 41.5 Å². The molecule has 0 saturated heterocycles. The Morgan fingerprint density at radius 2 is 2.12 bits per heavy atom. The molecular weight excluding hydrogens is 202 g/mol. The van der Waals surface area contributed by atoms with Gasteiger partial charge in [0, 0.05) is 19.2 Å². The van der Waals surface area contributed by atoms with E-state index in [1.165, 1.54) is 19.3 Å². The van der Waals surface area contributed by atoms with Gasteiger partial charge in [0.1, 0.15) is 0 Å². The number of rotatable bonds is 9. The summed E-state index contributed by atoms with van der Waals surface area (Å²) in [6.45, 7) is 8.11. The third-order valence-corrected chi connectivity index (χ3v) is 2.83. The van der Waals surface area contributed by atoms with Crippen LogP contribution in [-0.4, -0.2) is 36.5 Å². The van der Waals surface area contributed by atoms with E-state index in [1.54, 1.807) is 0 Å². The van der Waals surface area contributed by atoms with Crippen molar-refractivity contribution in [2.45, 2.75) is 58.1 Å². The fourth-order valence-corrected chi connectivity index (χ4v) is 1.59. The first-order chi connectivity index (χ1) is 7.49. The van der Waals surface area contributed by atoms with E-state index < -0.39 is 5.60 Å². The van der Waals surface area contributed by atoms with Crippen molar-refractivity contribution in [1.82, 2.24) is 5.32 Å². The van der Waals surface area contributed by atoms with Gasteiger partial charge in [0.15, 0.2) is 0 Å². The van der Waals surface area contributed by atoms with E-state index in [0.717, 1.165) is 18.9 Å². The van der Waals surface area contributed by atoms with E-state index in [-0.39, 0.29) is 0 Å². The SMILES string of the molecule is CC(C)CCCOCC(C)(O)CNC1CC1. The maximum absolute atomic E-state index is 10.0. The highest BCUT2D eigenvalue weighted by Crippen LogP contribution is 2.19. The van der Waals surface area contributed by atoms with Crippen molar-refractivity contribution in [3.8, 4) is 0 Å². The molecular formula is C13H27NO2. The first-order valence-corrected chi connectivity index (χ1v) is 6.53. The third-order valence-electron chi connectivity index (χ3n) is 2.83. The Bertz CT molecular complexity index is 188. The zero-order valence-electron chi connectivity index (χ0n) is 11.0. The molecule has 0 spiro atoms. The van der Waals surface area contributed by atoms with Crippen LogP contribution in [0.2, 0.25) is 0 Å². The van der Waals surface area contributed by atoms with Crippen molar-refractivity contribution in [3.63, 3.8) is 0 Å². The molecule has 96 valence electrons. The van der Waals surface area contributed by atoms with E-state index in [4.69, 9.17) is 4.74 Å². The van der Waals surface area contributed by atoms with Crippen molar-refractivity contribution in [2.75, 3.05) is 19.8 Å².